The predicted octanol–water partition coefficient (Wildman–Crippen LogP) is 4.32. The molecule has 0 aromatic heterocycles. The second kappa shape index (κ2) is 12.6. The number of carbonyl (C=O) groups is 3. The van der Waals surface area contributed by atoms with Crippen molar-refractivity contribution in [2.75, 3.05) is 36.8 Å². The maximum Gasteiger partial charge on any atom is 0.243 e. The summed E-state index contributed by atoms with van der Waals surface area (Å²) in [4.78, 5) is 38.9. The number of benzene rings is 2. The molecule has 2 rings (SSSR count). The maximum atomic E-state index is 12.4. The highest BCUT2D eigenvalue weighted by molar-refractivity contribution is 6.36. The molecule has 2 aromatic carbocycles. The van der Waals surface area contributed by atoms with Gasteiger partial charge in [-0.1, -0.05) is 47.8 Å². The molecule has 0 aliphatic rings. The molecule has 178 valence electrons. The minimum absolute atomic E-state index is 0.00810. The van der Waals surface area contributed by atoms with Gasteiger partial charge in [-0.2, -0.15) is 0 Å². The van der Waals surface area contributed by atoms with E-state index >= 15 is 0 Å². The van der Waals surface area contributed by atoms with Gasteiger partial charge >= 0.3 is 0 Å². The maximum absolute atomic E-state index is 12.4. The average molecular weight is 493 g/mol. The van der Waals surface area contributed by atoms with Crippen molar-refractivity contribution in [2.45, 2.75) is 34.1 Å². The lowest BCUT2D eigenvalue weighted by atomic mass is 10.1. The molecule has 0 radical (unpaired) electrons. The number of rotatable bonds is 10. The van der Waals surface area contributed by atoms with Crippen molar-refractivity contribution < 1.29 is 14.4 Å². The second-order valence-electron chi connectivity index (χ2n) is 7.98. The van der Waals surface area contributed by atoms with Crippen LogP contribution in [0.5, 0.6) is 0 Å². The Kier molecular flexibility index (Phi) is 10.2. The van der Waals surface area contributed by atoms with Crippen LogP contribution in [-0.2, 0) is 14.4 Å². The predicted molar refractivity (Wildman–Crippen MR) is 134 cm³/mol. The highest BCUT2D eigenvalue weighted by Gasteiger charge is 2.16. The fourth-order valence-electron chi connectivity index (χ4n) is 3.51. The van der Waals surface area contributed by atoms with E-state index in [-0.39, 0.29) is 37.4 Å². The summed E-state index contributed by atoms with van der Waals surface area (Å²) in [6, 6.07) is 8.78. The van der Waals surface area contributed by atoms with Gasteiger partial charge in [-0.3, -0.25) is 19.3 Å². The van der Waals surface area contributed by atoms with Gasteiger partial charge < -0.3 is 16.0 Å². The van der Waals surface area contributed by atoms with E-state index in [1.807, 2.05) is 39.8 Å². The minimum atomic E-state index is -0.340. The molecule has 0 fully saturated rings. The molecule has 0 heterocycles. The first-order chi connectivity index (χ1) is 15.6. The summed E-state index contributed by atoms with van der Waals surface area (Å²) in [6.45, 7) is 8.20. The Labute approximate surface area is 204 Å². The van der Waals surface area contributed by atoms with Gasteiger partial charge in [0, 0.05) is 10.7 Å². The zero-order valence-corrected chi connectivity index (χ0v) is 20.9. The minimum Gasteiger partial charge on any atom is -0.346 e. The molecular formula is C24H30Cl2N4O3. The molecule has 0 aliphatic carbocycles. The van der Waals surface area contributed by atoms with Crippen molar-refractivity contribution >= 4 is 52.3 Å². The Morgan fingerprint density at radius 1 is 0.879 bits per heavy atom. The monoisotopic (exact) mass is 492 g/mol. The van der Waals surface area contributed by atoms with Crippen LogP contribution in [0.3, 0.4) is 0 Å². The van der Waals surface area contributed by atoms with Crippen LogP contribution in [0.2, 0.25) is 10.0 Å². The molecule has 0 unspecified atom stereocenters. The van der Waals surface area contributed by atoms with E-state index in [9.17, 15) is 14.4 Å². The highest BCUT2D eigenvalue weighted by atomic mass is 35.5. The number of nitrogens with zero attached hydrogens (tertiary/aromatic N) is 1. The standard InChI is InChI=1S/C24H30Cl2N4O3/c1-5-8-30(14-23(33)28-20-7-6-18(25)11-19(20)26)13-22(32)27-12-21(31)29-24-16(3)9-15(2)10-17(24)4/h6-7,9-11H,5,8,12-14H2,1-4H3,(H,27,32)(H,28,33)(H,29,31). The average Bonchev–Trinajstić information content (AvgIpc) is 2.71. The third kappa shape index (κ3) is 8.68. The summed E-state index contributed by atoms with van der Waals surface area (Å²) in [7, 11) is 0. The van der Waals surface area contributed by atoms with E-state index in [4.69, 9.17) is 23.2 Å². The van der Waals surface area contributed by atoms with Gasteiger partial charge in [0.1, 0.15) is 0 Å². The largest absolute Gasteiger partial charge is 0.346 e. The van der Waals surface area contributed by atoms with Crippen molar-refractivity contribution in [2.24, 2.45) is 0 Å². The van der Waals surface area contributed by atoms with E-state index in [0.29, 0.717) is 22.3 Å². The summed E-state index contributed by atoms with van der Waals surface area (Å²) in [6.07, 6.45) is 0.759. The lowest BCUT2D eigenvalue weighted by Gasteiger charge is -2.21. The van der Waals surface area contributed by atoms with Crippen LogP contribution in [-0.4, -0.2) is 48.8 Å². The highest BCUT2D eigenvalue weighted by Crippen LogP contribution is 2.25. The summed E-state index contributed by atoms with van der Waals surface area (Å²) in [5.41, 5.74) is 4.26. The Morgan fingerprint density at radius 3 is 2.12 bits per heavy atom. The number of halogens is 2. The number of amides is 3. The van der Waals surface area contributed by atoms with Crippen molar-refractivity contribution in [3.63, 3.8) is 0 Å². The Balaban J connectivity index is 1.86. The zero-order chi connectivity index (χ0) is 24.5. The Morgan fingerprint density at radius 2 is 1.52 bits per heavy atom. The van der Waals surface area contributed by atoms with Crippen LogP contribution in [0.1, 0.15) is 30.0 Å². The number of hydrogen-bond donors (Lipinski definition) is 3. The molecular weight excluding hydrogens is 463 g/mol. The first-order valence-corrected chi connectivity index (χ1v) is 11.5. The third-order valence-corrected chi connectivity index (χ3v) is 5.41. The van der Waals surface area contributed by atoms with Gasteiger partial charge in [0.15, 0.2) is 0 Å². The quantitative estimate of drug-likeness (QED) is 0.460. The van der Waals surface area contributed by atoms with Crippen molar-refractivity contribution in [3.05, 3.63) is 57.1 Å². The van der Waals surface area contributed by atoms with Crippen LogP contribution in [0.25, 0.3) is 0 Å². The molecule has 0 atom stereocenters. The fraction of sp³-hybridized carbons (Fsp3) is 0.375. The second-order valence-corrected chi connectivity index (χ2v) is 8.83. The summed E-state index contributed by atoms with van der Waals surface area (Å²) >= 11 is 12.0. The Bertz CT molecular complexity index is 1000. The van der Waals surface area contributed by atoms with Crippen LogP contribution < -0.4 is 16.0 Å². The molecule has 0 saturated carbocycles. The molecule has 33 heavy (non-hydrogen) atoms. The first kappa shape index (κ1) is 26.6. The number of nitrogens with one attached hydrogen (secondary N) is 3. The van der Waals surface area contributed by atoms with E-state index in [2.05, 4.69) is 16.0 Å². The fourth-order valence-corrected chi connectivity index (χ4v) is 3.97. The molecule has 7 nitrogen and oxygen atoms in total. The zero-order valence-electron chi connectivity index (χ0n) is 19.4. The number of aryl methyl sites for hydroxylation is 3. The molecule has 0 spiro atoms. The molecule has 2 aromatic rings. The van der Waals surface area contributed by atoms with E-state index in [1.165, 1.54) is 0 Å². The number of anilines is 2. The number of hydrogen-bond acceptors (Lipinski definition) is 4. The molecule has 3 amide bonds. The SMILES string of the molecule is CCCN(CC(=O)NCC(=O)Nc1c(C)cc(C)cc1C)CC(=O)Nc1ccc(Cl)cc1Cl. The number of carbonyl (C=O) groups excluding carboxylic acids is 3. The Hall–Kier alpha value is -2.61. The van der Waals surface area contributed by atoms with Gasteiger partial charge in [-0.15, -0.1) is 0 Å². The molecule has 0 bridgehead atoms. The van der Waals surface area contributed by atoms with Crippen LogP contribution >= 0.6 is 23.2 Å². The third-order valence-electron chi connectivity index (χ3n) is 4.87. The molecule has 3 N–H and O–H groups in total. The smallest absolute Gasteiger partial charge is 0.243 e. The summed E-state index contributed by atoms with van der Waals surface area (Å²) in [5.74, 6) is -0.951. The lowest BCUT2D eigenvalue weighted by molar-refractivity contribution is -0.125. The van der Waals surface area contributed by atoms with Gasteiger partial charge in [-0.25, -0.2) is 0 Å². The van der Waals surface area contributed by atoms with E-state index in [1.54, 1.807) is 23.1 Å². The lowest BCUT2D eigenvalue weighted by Crippen LogP contribution is -2.43. The van der Waals surface area contributed by atoms with E-state index in [0.717, 1.165) is 28.8 Å². The van der Waals surface area contributed by atoms with Crippen LogP contribution in [0.15, 0.2) is 30.3 Å². The molecule has 0 aliphatic heterocycles. The molecule has 0 saturated heterocycles. The van der Waals surface area contributed by atoms with E-state index < -0.39 is 0 Å². The van der Waals surface area contributed by atoms with Gasteiger partial charge in [-0.05, 0) is 63.1 Å². The van der Waals surface area contributed by atoms with Crippen LogP contribution in [0, 0.1) is 20.8 Å². The van der Waals surface area contributed by atoms with Crippen molar-refractivity contribution in [3.8, 4) is 0 Å². The first-order valence-electron chi connectivity index (χ1n) is 10.7. The summed E-state index contributed by atoms with van der Waals surface area (Å²) in [5, 5.41) is 9.00. The molecule has 9 heteroatoms. The van der Waals surface area contributed by atoms with Gasteiger partial charge in [0.25, 0.3) is 0 Å². The van der Waals surface area contributed by atoms with Gasteiger partial charge in [0.2, 0.25) is 17.7 Å². The van der Waals surface area contributed by atoms with Crippen molar-refractivity contribution in [1.29, 1.82) is 0 Å². The summed E-state index contributed by atoms with van der Waals surface area (Å²) < 4.78 is 0. The van der Waals surface area contributed by atoms with Crippen molar-refractivity contribution in [1.82, 2.24) is 10.2 Å². The van der Waals surface area contributed by atoms with Gasteiger partial charge in [0.05, 0.1) is 30.3 Å². The van der Waals surface area contributed by atoms with Crippen LogP contribution in [0.4, 0.5) is 11.4 Å². The topological polar surface area (TPSA) is 90.5 Å². The normalized spacial score (nSPS) is 10.8.